The Kier molecular flexibility index (Phi) is 4.95. The first-order valence-corrected chi connectivity index (χ1v) is 8.84. The highest BCUT2D eigenvalue weighted by Crippen LogP contribution is 2.24. The van der Waals surface area contributed by atoms with Gasteiger partial charge in [-0.2, -0.15) is 4.68 Å². The number of rotatable bonds is 5. The zero-order valence-electron chi connectivity index (χ0n) is 13.4. The number of carbonyl (C=O) groups is 1. The lowest BCUT2D eigenvalue weighted by atomic mass is 10.2. The van der Waals surface area contributed by atoms with E-state index in [2.05, 4.69) is 20.8 Å². The summed E-state index contributed by atoms with van der Waals surface area (Å²) in [5.41, 5.74) is 2.08. The number of benzene rings is 1. The summed E-state index contributed by atoms with van der Waals surface area (Å²) in [6, 6.07) is 8.31. The molecule has 3 rings (SSSR count). The molecular formula is C16H21N5OS. The largest absolute Gasteiger partial charge is 0.352 e. The SMILES string of the molecule is Cc1ccc(-n2nnnc2SC(C)C(=O)NC2CCCC2)cc1. The van der Waals surface area contributed by atoms with Crippen LogP contribution in [0.15, 0.2) is 29.4 Å². The van der Waals surface area contributed by atoms with Gasteiger partial charge < -0.3 is 5.32 Å². The van der Waals surface area contributed by atoms with Gasteiger partial charge in [-0.15, -0.1) is 5.10 Å². The third-order valence-corrected chi connectivity index (χ3v) is 5.11. The van der Waals surface area contributed by atoms with Crippen molar-refractivity contribution in [2.75, 3.05) is 0 Å². The average molecular weight is 331 g/mol. The molecule has 0 radical (unpaired) electrons. The second-order valence-corrected chi connectivity index (χ2v) is 7.27. The van der Waals surface area contributed by atoms with Crippen molar-refractivity contribution >= 4 is 17.7 Å². The molecule has 23 heavy (non-hydrogen) atoms. The standard InChI is InChI=1S/C16H21N5OS/c1-11-7-9-14(10-8-11)21-16(18-19-20-21)23-12(2)15(22)17-13-5-3-4-6-13/h7-10,12-13H,3-6H2,1-2H3,(H,17,22). The van der Waals surface area contributed by atoms with Crippen LogP contribution in [0.1, 0.15) is 38.2 Å². The number of hydrogen-bond donors (Lipinski definition) is 1. The monoisotopic (exact) mass is 331 g/mol. The Balaban J connectivity index is 1.67. The fourth-order valence-corrected chi connectivity index (χ4v) is 3.52. The van der Waals surface area contributed by atoms with Crippen molar-refractivity contribution < 1.29 is 4.79 Å². The summed E-state index contributed by atoms with van der Waals surface area (Å²) >= 11 is 1.38. The van der Waals surface area contributed by atoms with Gasteiger partial charge in [0.15, 0.2) is 0 Å². The molecule has 6 nitrogen and oxygen atoms in total. The molecule has 1 atom stereocenters. The van der Waals surface area contributed by atoms with E-state index in [0.717, 1.165) is 18.5 Å². The van der Waals surface area contributed by atoms with Crippen LogP contribution in [0.3, 0.4) is 0 Å². The Morgan fingerprint density at radius 2 is 2.00 bits per heavy atom. The molecule has 1 heterocycles. The molecule has 0 saturated heterocycles. The number of nitrogens with one attached hydrogen (secondary N) is 1. The van der Waals surface area contributed by atoms with Gasteiger partial charge in [0.05, 0.1) is 10.9 Å². The molecule has 1 aliphatic rings. The molecule has 1 aromatic carbocycles. The molecule has 0 spiro atoms. The lowest BCUT2D eigenvalue weighted by Crippen LogP contribution is -2.37. The smallest absolute Gasteiger partial charge is 0.233 e. The van der Waals surface area contributed by atoms with Gasteiger partial charge in [0, 0.05) is 6.04 Å². The van der Waals surface area contributed by atoms with Gasteiger partial charge in [0.2, 0.25) is 11.1 Å². The summed E-state index contributed by atoms with van der Waals surface area (Å²) in [5, 5.41) is 15.4. The molecule has 1 fully saturated rings. The minimum Gasteiger partial charge on any atom is -0.352 e. The van der Waals surface area contributed by atoms with Crippen LogP contribution in [-0.4, -0.2) is 37.4 Å². The minimum absolute atomic E-state index is 0.0559. The van der Waals surface area contributed by atoms with Gasteiger partial charge >= 0.3 is 0 Å². The molecular weight excluding hydrogens is 310 g/mol. The topological polar surface area (TPSA) is 72.7 Å². The van der Waals surface area contributed by atoms with Crippen LogP contribution in [-0.2, 0) is 4.79 Å². The Morgan fingerprint density at radius 3 is 2.70 bits per heavy atom. The summed E-state index contributed by atoms with van der Waals surface area (Å²) in [6.45, 7) is 3.93. The number of aromatic nitrogens is 4. The van der Waals surface area contributed by atoms with E-state index >= 15 is 0 Å². The summed E-state index contributed by atoms with van der Waals surface area (Å²) in [4.78, 5) is 12.3. The van der Waals surface area contributed by atoms with E-state index in [4.69, 9.17) is 0 Å². The van der Waals surface area contributed by atoms with Crippen molar-refractivity contribution in [3.05, 3.63) is 29.8 Å². The molecule has 1 aliphatic carbocycles. The zero-order chi connectivity index (χ0) is 16.2. The lowest BCUT2D eigenvalue weighted by Gasteiger charge is -2.16. The number of hydrogen-bond acceptors (Lipinski definition) is 5. The Morgan fingerprint density at radius 1 is 1.30 bits per heavy atom. The van der Waals surface area contributed by atoms with E-state index in [0.29, 0.717) is 11.2 Å². The Hall–Kier alpha value is -1.89. The van der Waals surface area contributed by atoms with Crippen LogP contribution in [0.5, 0.6) is 0 Å². The van der Waals surface area contributed by atoms with Crippen LogP contribution in [0.2, 0.25) is 0 Å². The van der Waals surface area contributed by atoms with Gasteiger partial charge in [0.1, 0.15) is 0 Å². The highest BCUT2D eigenvalue weighted by atomic mass is 32.2. The molecule has 0 bridgehead atoms. The van der Waals surface area contributed by atoms with Crippen molar-refractivity contribution in [1.82, 2.24) is 25.5 Å². The summed E-state index contributed by atoms with van der Waals surface area (Å²) < 4.78 is 1.67. The fraction of sp³-hybridized carbons (Fsp3) is 0.500. The van der Waals surface area contributed by atoms with Crippen molar-refractivity contribution in [2.24, 2.45) is 0 Å². The molecule has 122 valence electrons. The van der Waals surface area contributed by atoms with E-state index in [-0.39, 0.29) is 11.2 Å². The Labute approximate surface area is 140 Å². The summed E-state index contributed by atoms with van der Waals surface area (Å²) in [6.07, 6.45) is 4.59. The van der Waals surface area contributed by atoms with Gasteiger partial charge in [-0.05, 0) is 49.2 Å². The molecule has 1 unspecified atom stereocenters. The predicted molar refractivity (Wildman–Crippen MR) is 89.6 cm³/mol. The first kappa shape index (κ1) is 16.0. The molecule has 1 saturated carbocycles. The van der Waals surface area contributed by atoms with Crippen molar-refractivity contribution in [1.29, 1.82) is 0 Å². The number of thioether (sulfide) groups is 1. The van der Waals surface area contributed by atoms with Gasteiger partial charge in [-0.25, -0.2) is 0 Å². The number of tetrazole rings is 1. The number of nitrogens with zero attached hydrogens (tertiary/aromatic N) is 4. The van der Waals surface area contributed by atoms with E-state index in [1.165, 1.54) is 30.2 Å². The van der Waals surface area contributed by atoms with Gasteiger partial charge in [0.25, 0.3) is 0 Å². The molecule has 0 aliphatic heterocycles. The summed E-state index contributed by atoms with van der Waals surface area (Å²) in [7, 11) is 0. The maximum Gasteiger partial charge on any atom is 0.233 e. The molecule has 1 aromatic heterocycles. The van der Waals surface area contributed by atoms with E-state index < -0.39 is 0 Å². The van der Waals surface area contributed by atoms with Gasteiger partial charge in [-0.3, -0.25) is 4.79 Å². The van der Waals surface area contributed by atoms with Crippen LogP contribution < -0.4 is 5.32 Å². The highest BCUT2D eigenvalue weighted by molar-refractivity contribution is 8.00. The molecule has 1 amide bonds. The van der Waals surface area contributed by atoms with Crippen LogP contribution in [0.4, 0.5) is 0 Å². The molecule has 2 aromatic rings. The third-order valence-electron chi connectivity index (χ3n) is 4.07. The van der Waals surface area contributed by atoms with E-state index in [1.54, 1.807) is 4.68 Å². The maximum absolute atomic E-state index is 12.3. The van der Waals surface area contributed by atoms with Crippen molar-refractivity contribution in [3.63, 3.8) is 0 Å². The third kappa shape index (κ3) is 3.90. The quantitative estimate of drug-likeness (QED) is 0.852. The number of carbonyl (C=O) groups excluding carboxylic acids is 1. The maximum atomic E-state index is 12.3. The molecule has 7 heteroatoms. The van der Waals surface area contributed by atoms with Crippen LogP contribution >= 0.6 is 11.8 Å². The van der Waals surface area contributed by atoms with Crippen molar-refractivity contribution in [2.45, 2.75) is 56.0 Å². The summed E-state index contributed by atoms with van der Waals surface area (Å²) in [5.74, 6) is 0.0559. The fourth-order valence-electron chi connectivity index (χ4n) is 2.70. The highest BCUT2D eigenvalue weighted by Gasteiger charge is 2.23. The normalized spacial score (nSPS) is 16.4. The average Bonchev–Trinajstić information content (AvgIpc) is 3.20. The van der Waals surface area contributed by atoms with Gasteiger partial charge in [-0.1, -0.05) is 42.3 Å². The van der Waals surface area contributed by atoms with Crippen LogP contribution in [0, 0.1) is 6.92 Å². The Bertz CT molecular complexity index is 663. The van der Waals surface area contributed by atoms with Crippen molar-refractivity contribution in [3.8, 4) is 5.69 Å². The van der Waals surface area contributed by atoms with E-state index in [1.807, 2.05) is 38.1 Å². The first-order valence-electron chi connectivity index (χ1n) is 7.96. The van der Waals surface area contributed by atoms with Crippen LogP contribution in [0.25, 0.3) is 5.69 Å². The molecule has 1 N–H and O–H groups in total. The minimum atomic E-state index is -0.231. The second-order valence-electron chi connectivity index (χ2n) is 5.96. The second kappa shape index (κ2) is 7.12. The van der Waals surface area contributed by atoms with E-state index in [9.17, 15) is 4.79 Å². The number of aryl methyl sites for hydroxylation is 1. The number of amides is 1. The lowest BCUT2D eigenvalue weighted by molar-refractivity contribution is -0.120. The predicted octanol–water partition coefficient (Wildman–Crippen LogP) is 2.51. The zero-order valence-corrected chi connectivity index (χ0v) is 14.2. The first-order chi connectivity index (χ1) is 11.1.